The zero-order valence-electron chi connectivity index (χ0n) is 18.4. The summed E-state index contributed by atoms with van der Waals surface area (Å²) < 4.78 is 0. The van der Waals surface area contributed by atoms with Gasteiger partial charge in [-0.25, -0.2) is 0 Å². The molecule has 2 unspecified atom stereocenters. The van der Waals surface area contributed by atoms with Crippen LogP contribution in [0.15, 0.2) is 0 Å². The van der Waals surface area contributed by atoms with Crippen LogP contribution >= 0.6 is 0 Å². The SMILES string of the molecule is CCCC1CCCCCCN(C)CCC1CCCCC(C)(C)CCC. The second-order valence-corrected chi connectivity index (χ2v) is 9.76. The third-order valence-electron chi connectivity index (χ3n) is 6.68. The Bertz CT molecular complexity index is 309. The van der Waals surface area contributed by atoms with Crippen molar-refractivity contribution >= 4 is 0 Å². The Kier molecular flexibility index (Phi) is 12.1. The third kappa shape index (κ3) is 10.6. The summed E-state index contributed by atoms with van der Waals surface area (Å²) in [7, 11) is 2.34. The van der Waals surface area contributed by atoms with Crippen molar-refractivity contribution in [2.24, 2.45) is 17.3 Å². The van der Waals surface area contributed by atoms with E-state index in [0.29, 0.717) is 5.41 Å². The van der Waals surface area contributed by atoms with Gasteiger partial charge in [-0.15, -0.1) is 0 Å². The van der Waals surface area contributed by atoms with Crippen LogP contribution < -0.4 is 0 Å². The molecule has 0 spiro atoms. The molecular formula is C24H49N. The van der Waals surface area contributed by atoms with Crippen LogP contribution in [-0.4, -0.2) is 25.0 Å². The molecule has 0 aromatic rings. The summed E-state index contributed by atoms with van der Waals surface area (Å²) in [6.07, 6.45) is 20.1. The first kappa shape index (κ1) is 23.0. The Hall–Kier alpha value is -0.0400. The number of hydrogen-bond acceptors (Lipinski definition) is 1. The van der Waals surface area contributed by atoms with Gasteiger partial charge in [0.25, 0.3) is 0 Å². The third-order valence-corrected chi connectivity index (χ3v) is 6.68. The number of hydrogen-bond donors (Lipinski definition) is 0. The second kappa shape index (κ2) is 13.2. The Morgan fingerprint density at radius 2 is 1.48 bits per heavy atom. The molecule has 25 heavy (non-hydrogen) atoms. The monoisotopic (exact) mass is 351 g/mol. The van der Waals surface area contributed by atoms with Crippen LogP contribution in [0.1, 0.15) is 118 Å². The van der Waals surface area contributed by atoms with Gasteiger partial charge in [0.05, 0.1) is 0 Å². The summed E-state index contributed by atoms with van der Waals surface area (Å²) in [5, 5.41) is 0. The molecule has 0 aliphatic carbocycles. The molecule has 0 N–H and O–H groups in total. The first-order valence-corrected chi connectivity index (χ1v) is 11.7. The normalized spacial score (nSPS) is 24.8. The van der Waals surface area contributed by atoms with E-state index in [1.165, 1.54) is 103 Å². The van der Waals surface area contributed by atoms with Crippen LogP contribution in [0.4, 0.5) is 0 Å². The van der Waals surface area contributed by atoms with E-state index >= 15 is 0 Å². The van der Waals surface area contributed by atoms with E-state index < -0.39 is 0 Å². The first-order valence-electron chi connectivity index (χ1n) is 11.7. The molecule has 0 amide bonds. The molecule has 2 atom stereocenters. The summed E-state index contributed by atoms with van der Waals surface area (Å²) >= 11 is 0. The van der Waals surface area contributed by atoms with Gasteiger partial charge < -0.3 is 4.90 Å². The lowest BCUT2D eigenvalue weighted by Gasteiger charge is -2.29. The molecule has 150 valence electrons. The van der Waals surface area contributed by atoms with Crippen molar-refractivity contribution in [2.45, 2.75) is 118 Å². The van der Waals surface area contributed by atoms with E-state index in [-0.39, 0.29) is 0 Å². The van der Waals surface area contributed by atoms with Gasteiger partial charge in [0.2, 0.25) is 0 Å². The summed E-state index contributed by atoms with van der Waals surface area (Å²) in [6.45, 7) is 12.3. The largest absolute Gasteiger partial charge is 0.306 e. The van der Waals surface area contributed by atoms with Gasteiger partial charge in [-0.3, -0.25) is 0 Å². The molecular weight excluding hydrogens is 302 g/mol. The van der Waals surface area contributed by atoms with E-state index in [4.69, 9.17) is 0 Å². The van der Waals surface area contributed by atoms with Crippen LogP contribution in [0.2, 0.25) is 0 Å². The molecule has 1 fully saturated rings. The van der Waals surface area contributed by atoms with Crippen LogP contribution in [0.25, 0.3) is 0 Å². The van der Waals surface area contributed by atoms with Crippen molar-refractivity contribution in [1.82, 2.24) is 4.90 Å². The quantitative estimate of drug-likeness (QED) is 0.385. The molecule has 1 aliphatic rings. The number of rotatable bonds is 9. The van der Waals surface area contributed by atoms with Crippen molar-refractivity contribution in [3.8, 4) is 0 Å². The van der Waals surface area contributed by atoms with Gasteiger partial charge in [-0.05, 0) is 63.1 Å². The predicted molar refractivity (Wildman–Crippen MR) is 114 cm³/mol. The number of nitrogens with zero attached hydrogens (tertiary/aromatic N) is 1. The van der Waals surface area contributed by atoms with Gasteiger partial charge in [-0.2, -0.15) is 0 Å². The van der Waals surface area contributed by atoms with Gasteiger partial charge >= 0.3 is 0 Å². The average Bonchev–Trinajstić information content (AvgIpc) is 2.59. The Labute approximate surface area is 160 Å². The maximum atomic E-state index is 2.60. The zero-order chi connectivity index (χ0) is 18.5. The van der Waals surface area contributed by atoms with E-state index in [2.05, 4.69) is 39.6 Å². The lowest BCUT2D eigenvalue weighted by atomic mass is 9.78. The highest BCUT2D eigenvalue weighted by Crippen LogP contribution is 2.34. The first-order chi connectivity index (χ1) is 12.0. The smallest absolute Gasteiger partial charge is 0.00190 e. The Morgan fingerprint density at radius 3 is 2.20 bits per heavy atom. The van der Waals surface area contributed by atoms with Gasteiger partial charge in [0, 0.05) is 0 Å². The van der Waals surface area contributed by atoms with Crippen LogP contribution in [0.3, 0.4) is 0 Å². The molecule has 0 saturated carbocycles. The minimum absolute atomic E-state index is 0.562. The average molecular weight is 352 g/mol. The standard InChI is InChI=1S/C24H49N/c1-6-14-22-15-10-8-9-13-20-25(5)21-17-23(22)16-11-12-19-24(3,4)18-7-2/h22-23H,6-21H2,1-5H3. The molecule has 1 heteroatoms. The summed E-state index contributed by atoms with van der Waals surface area (Å²) in [4.78, 5) is 2.60. The molecule has 0 aromatic carbocycles. The van der Waals surface area contributed by atoms with Crippen LogP contribution in [0.5, 0.6) is 0 Å². The summed E-state index contributed by atoms with van der Waals surface area (Å²) in [5.74, 6) is 1.98. The van der Waals surface area contributed by atoms with Crippen molar-refractivity contribution in [1.29, 1.82) is 0 Å². The maximum Gasteiger partial charge on any atom is -0.00190 e. The summed E-state index contributed by atoms with van der Waals surface area (Å²) in [5.41, 5.74) is 0.562. The molecule has 1 saturated heterocycles. The van der Waals surface area contributed by atoms with Crippen molar-refractivity contribution in [3.63, 3.8) is 0 Å². The fourth-order valence-corrected chi connectivity index (χ4v) is 5.05. The highest BCUT2D eigenvalue weighted by Gasteiger charge is 2.22. The fraction of sp³-hybridized carbons (Fsp3) is 1.00. The van der Waals surface area contributed by atoms with E-state index in [9.17, 15) is 0 Å². The lowest BCUT2D eigenvalue weighted by Crippen LogP contribution is -2.25. The van der Waals surface area contributed by atoms with Gasteiger partial charge in [-0.1, -0.05) is 91.9 Å². The zero-order valence-corrected chi connectivity index (χ0v) is 18.4. The van der Waals surface area contributed by atoms with Crippen molar-refractivity contribution in [3.05, 3.63) is 0 Å². The van der Waals surface area contributed by atoms with E-state index in [1.54, 1.807) is 0 Å². The lowest BCUT2D eigenvalue weighted by molar-refractivity contribution is 0.214. The van der Waals surface area contributed by atoms with Crippen molar-refractivity contribution < 1.29 is 0 Å². The molecule has 1 nitrogen and oxygen atoms in total. The number of unbranched alkanes of at least 4 members (excludes halogenated alkanes) is 1. The second-order valence-electron chi connectivity index (χ2n) is 9.76. The van der Waals surface area contributed by atoms with Crippen molar-refractivity contribution in [2.75, 3.05) is 20.1 Å². The highest BCUT2D eigenvalue weighted by atomic mass is 15.1. The molecule has 0 bridgehead atoms. The van der Waals surface area contributed by atoms with E-state index in [1.807, 2.05) is 0 Å². The molecule has 0 aromatic heterocycles. The Balaban J connectivity index is 2.51. The minimum Gasteiger partial charge on any atom is -0.306 e. The minimum atomic E-state index is 0.562. The van der Waals surface area contributed by atoms with Crippen LogP contribution in [-0.2, 0) is 0 Å². The van der Waals surface area contributed by atoms with Crippen LogP contribution in [0, 0.1) is 17.3 Å². The predicted octanol–water partition coefficient (Wildman–Crippen LogP) is 7.69. The highest BCUT2D eigenvalue weighted by molar-refractivity contribution is 4.74. The van der Waals surface area contributed by atoms with Gasteiger partial charge in [0.15, 0.2) is 0 Å². The molecule has 1 heterocycles. The summed E-state index contributed by atoms with van der Waals surface area (Å²) in [6, 6.07) is 0. The maximum absolute atomic E-state index is 2.60. The fourth-order valence-electron chi connectivity index (χ4n) is 5.05. The molecule has 1 rings (SSSR count). The molecule has 1 aliphatic heterocycles. The Morgan fingerprint density at radius 1 is 0.760 bits per heavy atom. The van der Waals surface area contributed by atoms with Gasteiger partial charge in [0.1, 0.15) is 0 Å². The molecule has 0 radical (unpaired) electrons. The topological polar surface area (TPSA) is 3.24 Å². The van der Waals surface area contributed by atoms with E-state index in [0.717, 1.165) is 11.8 Å².